The predicted molar refractivity (Wildman–Crippen MR) is 458 cm³/mol. The molecule has 611 valence electrons. The van der Waals surface area contributed by atoms with Crippen LogP contribution in [0.5, 0.6) is 17.2 Å². The second-order valence-electron chi connectivity index (χ2n) is 26.8. The molecule has 6 N–H and O–H groups in total. The quantitative estimate of drug-likeness (QED) is 0.0217. The van der Waals surface area contributed by atoms with Crippen molar-refractivity contribution in [1.29, 1.82) is 0 Å². The molecule has 12 aromatic rings. The van der Waals surface area contributed by atoms with Gasteiger partial charge in [0.25, 0.3) is 11.1 Å². The van der Waals surface area contributed by atoms with Crippen LogP contribution < -0.4 is 46.8 Å². The zero-order chi connectivity index (χ0) is 86.1. The van der Waals surface area contributed by atoms with Crippen molar-refractivity contribution in [2.75, 3.05) is 44.4 Å². The molecule has 3 amide bonds. The van der Waals surface area contributed by atoms with Crippen molar-refractivity contribution in [1.82, 2.24) is 14.1 Å². The zero-order valence-electron chi connectivity index (χ0n) is 66.1. The van der Waals surface area contributed by atoms with Crippen molar-refractivity contribution in [3.8, 4) is 50.6 Å². The normalized spacial score (nSPS) is 11.2. The summed E-state index contributed by atoms with van der Waals surface area (Å²) in [4.78, 5) is 150. The van der Waals surface area contributed by atoms with Gasteiger partial charge in [-0.2, -0.15) is 0 Å². The molecule has 0 bridgehead atoms. The first-order valence-electron chi connectivity index (χ1n) is 36.7. The van der Waals surface area contributed by atoms with Gasteiger partial charge < -0.3 is 50.1 Å². The van der Waals surface area contributed by atoms with Crippen LogP contribution >= 0.6 is 34.8 Å². The molecule has 1 radical (unpaired) electrons. The summed E-state index contributed by atoms with van der Waals surface area (Å²) in [5.74, 6) is -3.19. The van der Waals surface area contributed by atoms with Gasteiger partial charge in [0.2, 0.25) is 23.3 Å². The molecule has 120 heavy (non-hydrogen) atoms. The maximum Gasteiger partial charge on any atom is 0.337 e. The van der Waals surface area contributed by atoms with Gasteiger partial charge in [-0.05, 0) is 188 Å². The number of benzene rings is 9. The number of ketones is 3. The summed E-state index contributed by atoms with van der Waals surface area (Å²) >= 11 is 18.4. The molecular weight excluding hydrogens is 1670 g/mol. The number of hydrogen-bond donors (Lipinski definition) is 6. The van der Waals surface area contributed by atoms with Crippen LogP contribution in [0.25, 0.3) is 33.4 Å². The summed E-state index contributed by atoms with van der Waals surface area (Å²) in [6.45, 7) is 6.18. The number of halogens is 3. The van der Waals surface area contributed by atoms with Gasteiger partial charge in [-0.25, -0.2) is 14.4 Å². The number of H-pyrrole nitrogens is 1. The Balaban J connectivity index is 0.000000208. The Morgan fingerprint density at radius 2 is 0.708 bits per heavy atom. The van der Waals surface area contributed by atoms with Gasteiger partial charge in [-0.3, -0.25) is 52.3 Å². The van der Waals surface area contributed by atoms with E-state index < -0.39 is 52.9 Å². The molecule has 9 aromatic carbocycles. The Kier molecular flexibility index (Phi) is 33.9. The SMILES string of the molecule is COC(=O)c1ccc(NC(=O)[C@H](Cc2ccccc2)n2cc(OC)c(-c3cc(Cl)ccc3C(C)=O)cc2=O)cc1.COc1c[nH]c(=O)cc1-c1cc(Cl)ccc1C(C)=O.COc1cn([C@@H](Cc2ccccc2)C(=O)Nc2ccc(C(=O)O)cc2)c(=O)cc1-c1cc(Cl)ccc1C(C)=O.C[C@H](Cc1ccccc1)C(=O)Nc1ccc(C(=O)O)cc1.[Y]. The van der Waals surface area contributed by atoms with Crippen LogP contribution in [0.2, 0.25) is 15.1 Å². The maximum absolute atomic E-state index is 13.6. The van der Waals surface area contributed by atoms with Crippen molar-refractivity contribution in [3.63, 3.8) is 0 Å². The van der Waals surface area contributed by atoms with Crippen molar-refractivity contribution in [3.05, 3.63) is 351 Å². The summed E-state index contributed by atoms with van der Waals surface area (Å²) < 4.78 is 23.8. The summed E-state index contributed by atoms with van der Waals surface area (Å²) in [5.41, 5.74) is 7.61. The zero-order valence-corrected chi connectivity index (χ0v) is 71.2. The number of aromatic nitrogens is 3. The first-order valence-corrected chi connectivity index (χ1v) is 37.8. The Bertz CT molecular complexity index is 5910. The summed E-state index contributed by atoms with van der Waals surface area (Å²) in [5, 5.41) is 27.6. The predicted octanol–water partition coefficient (Wildman–Crippen LogP) is 17.2. The Morgan fingerprint density at radius 1 is 0.392 bits per heavy atom. The van der Waals surface area contributed by atoms with Gasteiger partial charge in [-0.1, -0.05) is 133 Å². The fourth-order valence-corrected chi connectivity index (χ4v) is 13.1. The standard InChI is InChI=1S/C31H27ClN2O6.C30H25ClN2O6.C17H17NO3.C14H12ClNO3.Y/c1-19(35)24-14-11-22(32)16-25(24)26-17-29(36)34(18-28(26)39-2)27(15-20-7-5-4-6-8-20)30(37)33-23-12-9-21(10-13-23)31(38)40-3;1-18(34)23-13-10-21(31)15-24(23)25-16-28(35)33(17-27(25)39-2)26(14-19-6-4-3-5-7-19)29(36)32-22-11-8-20(9-12-22)30(37)38;1-12(11-13-5-3-2-4-6-13)16(19)18-15-9-7-14(8-10-15)17(20)21;1-8(17)10-4-3-9(15)5-11(10)12-6-14(18)16-7-13(12)19-2;/h4-14,16-18,27H,15H2,1-3H3,(H,33,37);3-13,15-17,26H,14H2,1-2H3,(H,32,36)(H,37,38);2-10,12H,11H2,1H3,(H,18,19)(H,20,21);3-7H,1-2H3,(H,16,18);/t27-;26-;12-;;/m001../s1. The molecule has 3 aromatic heterocycles. The van der Waals surface area contributed by atoms with Crippen molar-refractivity contribution in [2.45, 2.75) is 59.0 Å². The fourth-order valence-electron chi connectivity index (χ4n) is 12.6. The Hall–Kier alpha value is -13.0. The van der Waals surface area contributed by atoms with Crippen molar-refractivity contribution < 1.29 is 105 Å². The molecule has 0 unspecified atom stereocenters. The number of hydrogen-bond acceptors (Lipinski definition) is 16. The largest absolute Gasteiger partial charge is 0.495 e. The molecule has 3 atom stereocenters. The number of ether oxygens (including phenoxy) is 4. The molecule has 3 heterocycles. The summed E-state index contributed by atoms with van der Waals surface area (Å²) in [6, 6.07) is 63.1. The van der Waals surface area contributed by atoms with E-state index in [0.717, 1.165) is 16.7 Å². The van der Waals surface area contributed by atoms with E-state index in [2.05, 4.69) is 20.9 Å². The third-order valence-electron chi connectivity index (χ3n) is 18.6. The number of nitrogens with zero attached hydrogens (tertiary/aromatic N) is 2. The monoisotopic (exact) mass is 1750 g/mol. The maximum atomic E-state index is 13.6. The third-order valence-corrected chi connectivity index (χ3v) is 19.3. The number of anilines is 3. The minimum Gasteiger partial charge on any atom is -0.495 e. The van der Waals surface area contributed by atoms with E-state index in [1.807, 2.05) is 97.9 Å². The number of esters is 1. The molecule has 0 saturated carbocycles. The average molecular weight is 1750 g/mol. The number of carbonyl (C=O) groups excluding carboxylic acids is 7. The number of pyridine rings is 3. The second kappa shape index (κ2) is 44.0. The van der Waals surface area contributed by atoms with Crippen LogP contribution in [0, 0.1) is 5.92 Å². The van der Waals surface area contributed by atoms with Gasteiger partial charge in [-0.15, -0.1) is 0 Å². The van der Waals surface area contributed by atoms with Gasteiger partial charge in [0.05, 0.1) is 57.5 Å². The molecular formula is C92H81Cl3N6O18Y. The molecule has 0 saturated heterocycles. The number of carbonyl (C=O) groups is 9. The fraction of sp³-hybridized carbons (Fsp3) is 0.152. The van der Waals surface area contributed by atoms with Crippen LogP contribution in [-0.4, -0.2) is 106 Å². The van der Waals surface area contributed by atoms with E-state index in [1.54, 1.807) is 78.9 Å². The van der Waals surface area contributed by atoms with E-state index in [0.29, 0.717) is 99.9 Å². The number of aromatic amines is 1. The first-order chi connectivity index (χ1) is 57.0. The number of methoxy groups -OCH3 is 4. The summed E-state index contributed by atoms with van der Waals surface area (Å²) in [7, 11) is 5.66. The molecule has 0 aliphatic carbocycles. The van der Waals surface area contributed by atoms with Crippen molar-refractivity contribution >= 4 is 105 Å². The minimum atomic E-state index is -1.08. The van der Waals surface area contributed by atoms with E-state index >= 15 is 0 Å². The minimum absolute atomic E-state index is 0. The number of rotatable bonds is 26. The summed E-state index contributed by atoms with van der Waals surface area (Å²) in [6.07, 6.45) is 5.45. The Labute approximate surface area is 729 Å². The number of nitrogens with one attached hydrogen (secondary N) is 4. The number of carboxylic acids is 2. The molecule has 24 nitrogen and oxygen atoms in total. The van der Waals surface area contributed by atoms with Crippen LogP contribution in [0.3, 0.4) is 0 Å². The van der Waals surface area contributed by atoms with E-state index in [9.17, 15) is 57.5 Å². The van der Waals surface area contributed by atoms with Crippen LogP contribution in [-0.2, 0) is 71.1 Å². The first kappa shape index (κ1) is 92.5. The van der Waals surface area contributed by atoms with Crippen LogP contribution in [0.4, 0.5) is 17.1 Å². The number of aromatic carboxylic acids is 2. The van der Waals surface area contributed by atoms with Gasteiger partial charge >= 0.3 is 17.9 Å². The molecule has 0 aliphatic rings. The van der Waals surface area contributed by atoms with Gasteiger partial charge in [0.15, 0.2) is 17.3 Å². The van der Waals surface area contributed by atoms with Gasteiger partial charge in [0.1, 0.15) is 29.3 Å². The van der Waals surface area contributed by atoms with E-state index in [4.69, 9.17) is 64.0 Å². The number of Topliss-reactive ketones (excluding diaryl/α,β-unsaturated/α-hetero) is 3. The number of amides is 3. The molecule has 0 spiro atoms. The molecule has 0 aliphatic heterocycles. The molecule has 28 heteroatoms. The smallest absolute Gasteiger partial charge is 0.337 e. The van der Waals surface area contributed by atoms with E-state index in [-0.39, 0.29) is 103 Å². The average Bonchev–Trinajstić information content (AvgIpc) is 0.783. The second-order valence-corrected chi connectivity index (χ2v) is 28.1. The molecule has 0 fully saturated rings. The third kappa shape index (κ3) is 25.0. The van der Waals surface area contributed by atoms with Crippen LogP contribution in [0.1, 0.15) is 119 Å². The van der Waals surface area contributed by atoms with E-state index in [1.165, 1.54) is 144 Å². The molecule has 12 rings (SSSR count). The van der Waals surface area contributed by atoms with Gasteiger partial charge in [0, 0.05) is 141 Å². The van der Waals surface area contributed by atoms with Crippen molar-refractivity contribution in [2.24, 2.45) is 5.92 Å². The van der Waals surface area contributed by atoms with Crippen LogP contribution in [0.15, 0.2) is 270 Å². The topological polar surface area (TPSA) is 344 Å². The Morgan fingerprint density at radius 3 is 1.02 bits per heavy atom. The number of carboxylic acid groups (broad SMARTS) is 2.